The van der Waals surface area contributed by atoms with Crippen LogP contribution in [0.3, 0.4) is 0 Å². The van der Waals surface area contributed by atoms with E-state index >= 15 is 0 Å². The van der Waals surface area contributed by atoms with Crippen LogP contribution >= 0.6 is 23.2 Å². The second-order valence-electron chi connectivity index (χ2n) is 5.27. The van der Waals surface area contributed by atoms with Crippen molar-refractivity contribution in [2.24, 2.45) is 0 Å². The molecular formula is C18H17Cl2NO5. The van der Waals surface area contributed by atoms with Gasteiger partial charge >= 0.3 is 5.97 Å². The van der Waals surface area contributed by atoms with Gasteiger partial charge in [-0.05, 0) is 36.8 Å². The molecule has 0 bridgehead atoms. The summed E-state index contributed by atoms with van der Waals surface area (Å²) in [6, 6.07) is 7.79. The number of ether oxygens (including phenoxy) is 3. The van der Waals surface area contributed by atoms with Crippen molar-refractivity contribution in [3.63, 3.8) is 0 Å². The van der Waals surface area contributed by atoms with Crippen LogP contribution in [-0.2, 0) is 9.53 Å². The first-order valence-electron chi connectivity index (χ1n) is 7.50. The maximum absolute atomic E-state index is 12.2. The average molecular weight is 398 g/mol. The number of benzene rings is 2. The Labute approximate surface area is 160 Å². The molecule has 0 aliphatic carbocycles. The number of carbonyl (C=O) groups excluding carboxylic acids is 2. The molecule has 2 aromatic rings. The fourth-order valence-corrected chi connectivity index (χ4v) is 2.49. The number of methoxy groups -OCH3 is 2. The summed E-state index contributed by atoms with van der Waals surface area (Å²) in [6.45, 7) is 1.31. The molecule has 0 radical (unpaired) electrons. The van der Waals surface area contributed by atoms with Crippen LogP contribution in [0.15, 0.2) is 30.3 Å². The molecule has 8 heteroatoms. The molecular weight excluding hydrogens is 381 g/mol. The van der Waals surface area contributed by atoms with E-state index in [0.717, 1.165) is 5.56 Å². The van der Waals surface area contributed by atoms with Crippen molar-refractivity contribution in [2.75, 3.05) is 26.1 Å². The van der Waals surface area contributed by atoms with Crippen LogP contribution in [0, 0.1) is 6.92 Å². The van der Waals surface area contributed by atoms with Crippen molar-refractivity contribution in [1.82, 2.24) is 0 Å². The molecule has 0 fully saturated rings. The highest BCUT2D eigenvalue weighted by molar-refractivity contribution is 6.31. The summed E-state index contributed by atoms with van der Waals surface area (Å²) >= 11 is 11.9. The number of esters is 1. The normalized spacial score (nSPS) is 10.2. The Morgan fingerprint density at radius 1 is 1.04 bits per heavy atom. The molecule has 0 atom stereocenters. The summed E-state index contributed by atoms with van der Waals surface area (Å²) in [7, 11) is 2.88. The Morgan fingerprint density at radius 3 is 2.38 bits per heavy atom. The van der Waals surface area contributed by atoms with E-state index in [9.17, 15) is 9.59 Å². The van der Waals surface area contributed by atoms with E-state index < -0.39 is 18.5 Å². The largest absolute Gasteiger partial charge is 0.496 e. The number of rotatable bonds is 6. The molecule has 0 saturated heterocycles. The molecule has 0 heterocycles. The summed E-state index contributed by atoms with van der Waals surface area (Å²) < 4.78 is 15.3. The highest BCUT2D eigenvalue weighted by Crippen LogP contribution is 2.31. The quantitative estimate of drug-likeness (QED) is 0.742. The Kier molecular flexibility index (Phi) is 6.71. The molecule has 0 saturated carbocycles. The van der Waals surface area contributed by atoms with E-state index in [1.807, 2.05) is 0 Å². The fraction of sp³-hybridized carbons (Fsp3) is 0.222. The van der Waals surface area contributed by atoms with Crippen molar-refractivity contribution in [3.05, 3.63) is 51.5 Å². The van der Waals surface area contributed by atoms with Gasteiger partial charge in [-0.2, -0.15) is 0 Å². The number of nitrogens with one attached hydrogen (secondary N) is 1. The molecule has 2 rings (SSSR count). The number of hydrogen-bond donors (Lipinski definition) is 1. The van der Waals surface area contributed by atoms with Crippen LogP contribution in [0.1, 0.15) is 15.9 Å². The van der Waals surface area contributed by atoms with Crippen LogP contribution in [0.2, 0.25) is 10.0 Å². The predicted octanol–water partition coefficient (Wildman–Crippen LogP) is 4.11. The molecule has 0 aliphatic rings. The van der Waals surface area contributed by atoms with Gasteiger partial charge in [-0.1, -0.05) is 23.2 Å². The van der Waals surface area contributed by atoms with Crippen molar-refractivity contribution in [3.8, 4) is 11.5 Å². The maximum atomic E-state index is 12.2. The molecule has 0 spiro atoms. The zero-order chi connectivity index (χ0) is 19.3. The zero-order valence-corrected chi connectivity index (χ0v) is 15.9. The molecule has 6 nitrogen and oxygen atoms in total. The second kappa shape index (κ2) is 8.78. The van der Waals surface area contributed by atoms with Crippen LogP contribution in [-0.4, -0.2) is 32.7 Å². The summed E-state index contributed by atoms with van der Waals surface area (Å²) in [5.41, 5.74) is 1.33. The molecule has 1 N–H and O–H groups in total. The Balaban J connectivity index is 2.05. The topological polar surface area (TPSA) is 73.9 Å². The van der Waals surface area contributed by atoms with E-state index in [4.69, 9.17) is 37.4 Å². The number of hydrogen-bond acceptors (Lipinski definition) is 5. The van der Waals surface area contributed by atoms with Crippen molar-refractivity contribution in [1.29, 1.82) is 0 Å². The van der Waals surface area contributed by atoms with Gasteiger partial charge in [0.25, 0.3) is 5.91 Å². The SMILES string of the molecule is COc1cc(Cl)c(C)cc1NC(=O)COC(=O)c1cc(Cl)ccc1OC. The first-order chi connectivity index (χ1) is 12.3. The lowest BCUT2D eigenvalue weighted by molar-refractivity contribution is -0.119. The monoisotopic (exact) mass is 397 g/mol. The van der Waals surface area contributed by atoms with Gasteiger partial charge in [-0.15, -0.1) is 0 Å². The predicted molar refractivity (Wildman–Crippen MR) is 99.7 cm³/mol. The van der Waals surface area contributed by atoms with Crippen LogP contribution in [0.25, 0.3) is 0 Å². The van der Waals surface area contributed by atoms with Crippen LogP contribution in [0.5, 0.6) is 11.5 Å². The van der Waals surface area contributed by atoms with Gasteiger partial charge in [-0.3, -0.25) is 4.79 Å². The van der Waals surface area contributed by atoms with Crippen LogP contribution in [0.4, 0.5) is 5.69 Å². The minimum atomic E-state index is -0.723. The van der Waals surface area contributed by atoms with Gasteiger partial charge in [0.1, 0.15) is 17.1 Å². The molecule has 2 aromatic carbocycles. The van der Waals surface area contributed by atoms with Crippen molar-refractivity contribution < 1.29 is 23.8 Å². The molecule has 0 unspecified atom stereocenters. The molecule has 0 aliphatic heterocycles. The molecule has 0 aromatic heterocycles. The Bertz CT molecular complexity index is 839. The number of anilines is 1. The number of aryl methyl sites for hydroxylation is 1. The van der Waals surface area contributed by atoms with Gasteiger partial charge in [0, 0.05) is 16.1 Å². The van der Waals surface area contributed by atoms with Crippen LogP contribution < -0.4 is 14.8 Å². The third kappa shape index (κ3) is 4.80. The van der Waals surface area contributed by atoms with E-state index in [2.05, 4.69) is 5.32 Å². The molecule has 1 amide bonds. The second-order valence-corrected chi connectivity index (χ2v) is 6.11. The Morgan fingerprint density at radius 2 is 1.73 bits per heavy atom. The van der Waals surface area contributed by atoms with Gasteiger partial charge in [-0.25, -0.2) is 4.79 Å². The lowest BCUT2D eigenvalue weighted by Crippen LogP contribution is -2.21. The lowest BCUT2D eigenvalue weighted by Gasteiger charge is -2.13. The summed E-state index contributed by atoms with van der Waals surface area (Å²) in [5, 5.41) is 3.48. The molecule has 138 valence electrons. The first kappa shape index (κ1) is 19.9. The van der Waals surface area contributed by atoms with Crippen molar-refractivity contribution in [2.45, 2.75) is 6.92 Å². The van der Waals surface area contributed by atoms with Gasteiger partial charge in [0.15, 0.2) is 6.61 Å². The number of carbonyl (C=O) groups is 2. The summed E-state index contributed by atoms with van der Waals surface area (Å²) in [6.07, 6.45) is 0. The van der Waals surface area contributed by atoms with Gasteiger partial charge < -0.3 is 19.5 Å². The average Bonchev–Trinajstić information content (AvgIpc) is 2.62. The minimum absolute atomic E-state index is 0.132. The van der Waals surface area contributed by atoms with Gasteiger partial charge in [0.2, 0.25) is 0 Å². The third-order valence-corrected chi connectivity index (χ3v) is 4.11. The third-order valence-electron chi connectivity index (χ3n) is 3.47. The maximum Gasteiger partial charge on any atom is 0.342 e. The molecule has 26 heavy (non-hydrogen) atoms. The van der Waals surface area contributed by atoms with E-state index in [1.165, 1.54) is 20.3 Å². The van der Waals surface area contributed by atoms with Gasteiger partial charge in [0.05, 0.1) is 19.9 Å². The van der Waals surface area contributed by atoms with E-state index in [1.54, 1.807) is 31.2 Å². The van der Waals surface area contributed by atoms with E-state index in [-0.39, 0.29) is 5.56 Å². The van der Waals surface area contributed by atoms with E-state index in [0.29, 0.717) is 27.2 Å². The zero-order valence-electron chi connectivity index (χ0n) is 14.4. The Hall–Kier alpha value is -2.44. The lowest BCUT2D eigenvalue weighted by atomic mass is 10.2. The first-order valence-corrected chi connectivity index (χ1v) is 8.26. The minimum Gasteiger partial charge on any atom is -0.496 e. The highest BCUT2D eigenvalue weighted by Gasteiger charge is 2.17. The van der Waals surface area contributed by atoms with Crippen molar-refractivity contribution >= 4 is 40.8 Å². The smallest absolute Gasteiger partial charge is 0.342 e. The summed E-state index contributed by atoms with van der Waals surface area (Å²) in [5.74, 6) is -0.551. The standard InChI is InChI=1S/C18H17Cl2NO5/c1-10-6-14(16(25-3)8-13(10)20)21-17(22)9-26-18(23)12-7-11(19)4-5-15(12)24-2/h4-8H,9H2,1-3H3,(H,21,22). The summed E-state index contributed by atoms with van der Waals surface area (Å²) in [4.78, 5) is 24.3. The number of halogens is 2. The highest BCUT2D eigenvalue weighted by atomic mass is 35.5. The fourth-order valence-electron chi connectivity index (χ4n) is 2.16. The number of amides is 1.